The quantitative estimate of drug-likeness (QED) is 0.435. The average molecular weight is 474 g/mol. The number of hydrogen-bond acceptors (Lipinski definition) is 6. The number of benzene rings is 3. The number of nitrogens with zero attached hydrogens (tertiary/aromatic N) is 2. The Kier molecular flexibility index (Phi) is 6.05. The van der Waals surface area contributed by atoms with Gasteiger partial charge in [-0.25, -0.2) is 4.99 Å². The first-order valence-corrected chi connectivity index (χ1v) is 11.6. The van der Waals surface area contributed by atoms with Gasteiger partial charge in [-0.2, -0.15) is 0 Å². The molecule has 5 rings (SSSR count). The van der Waals surface area contributed by atoms with Gasteiger partial charge in [-0.15, -0.1) is 11.3 Å². The lowest BCUT2D eigenvalue weighted by atomic mass is 10.1. The zero-order valence-electron chi connectivity index (χ0n) is 18.8. The highest BCUT2D eigenvalue weighted by Crippen LogP contribution is 2.33. The Labute approximate surface area is 200 Å². The lowest BCUT2D eigenvalue weighted by Gasteiger charge is -2.19. The van der Waals surface area contributed by atoms with Crippen LogP contribution in [0, 0.1) is 0 Å². The van der Waals surface area contributed by atoms with E-state index in [1.54, 1.807) is 25.6 Å². The van der Waals surface area contributed by atoms with Crippen molar-refractivity contribution in [2.45, 2.75) is 6.54 Å². The summed E-state index contributed by atoms with van der Waals surface area (Å²) in [6, 6.07) is 21.5. The molecular formula is C26H23N3O4S. The summed E-state index contributed by atoms with van der Waals surface area (Å²) in [4.78, 5) is 17.6. The molecule has 1 amide bonds. The molecule has 1 N–H and O–H groups in total. The number of carbonyl (C=O) groups excluding carboxylic acids is 1. The van der Waals surface area contributed by atoms with Gasteiger partial charge in [0.25, 0.3) is 5.91 Å². The van der Waals surface area contributed by atoms with E-state index < -0.39 is 0 Å². The second-order valence-electron chi connectivity index (χ2n) is 7.70. The molecule has 0 saturated carbocycles. The molecule has 0 atom stereocenters. The van der Waals surface area contributed by atoms with Crippen LogP contribution in [0.25, 0.3) is 11.3 Å². The second-order valence-corrected chi connectivity index (χ2v) is 8.53. The highest BCUT2D eigenvalue weighted by Gasteiger charge is 2.18. The maximum atomic E-state index is 11.8. The third-order valence-electron chi connectivity index (χ3n) is 5.50. The van der Waals surface area contributed by atoms with E-state index in [2.05, 4.69) is 15.3 Å². The smallest absolute Gasteiger partial charge is 0.262 e. The van der Waals surface area contributed by atoms with Crippen LogP contribution in [-0.2, 0) is 11.3 Å². The summed E-state index contributed by atoms with van der Waals surface area (Å²) < 4.78 is 18.3. The van der Waals surface area contributed by atoms with Crippen molar-refractivity contribution in [3.05, 3.63) is 82.5 Å². The molecule has 4 aromatic rings. The molecular weight excluding hydrogens is 450 g/mol. The molecule has 8 heteroatoms. The zero-order valence-corrected chi connectivity index (χ0v) is 19.6. The number of methoxy groups -OCH3 is 2. The van der Waals surface area contributed by atoms with Gasteiger partial charge in [0, 0.05) is 10.9 Å². The van der Waals surface area contributed by atoms with Crippen LogP contribution in [0.2, 0.25) is 0 Å². The summed E-state index contributed by atoms with van der Waals surface area (Å²) in [5.74, 6) is 2.11. The Morgan fingerprint density at radius 1 is 1.00 bits per heavy atom. The molecule has 0 radical (unpaired) electrons. The van der Waals surface area contributed by atoms with Gasteiger partial charge in [0.2, 0.25) is 0 Å². The minimum absolute atomic E-state index is 0.0349. The van der Waals surface area contributed by atoms with Crippen LogP contribution in [0.1, 0.15) is 5.56 Å². The zero-order chi connectivity index (χ0) is 23.5. The second kappa shape index (κ2) is 9.44. The number of aromatic nitrogens is 1. The summed E-state index contributed by atoms with van der Waals surface area (Å²) in [7, 11) is 3.30. The molecule has 0 spiro atoms. The number of hydrogen-bond donors (Lipinski definition) is 1. The first kappa shape index (κ1) is 21.8. The van der Waals surface area contributed by atoms with Crippen molar-refractivity contribution in [2.24, 2.45) is 4.99 Å². The van der Waals surface area contributed by atoms with Crippen LogP contribution in [-0.4, -0.2) is 31.3 Å². The largest absolute Gasteiger partial charge is 0.497 e. The third kappa shape index (κ3) is 4.53. The van der Waals surface area contributed by atoms with Crippen LogP contribution in [0.4, 0.5) is 11.4 Å². The number of thiazole rings is 1. The van der Waals surface area contributed by atoms with Crippen molar-refractivity contribution in [2.75, 3.05) is 26.1 Å². The normalized spacial score (nSPS) is 13.1. The maximum absolute atomic E-state index is 11.8. The average Bonchev–Trinajstić information content (AvgIpc) is 3.26. The van der Waals surface area contributed by atoms with E-state index in [1.807, 2.05) is 66.7 Å². The van der Waals surface area contributed by atoms with Gasteiger partial charge in [-0.3, -0.25) is 4.79 Å². The number of carbonyl (C=O) groups is 1. The number of fused-ring (bicyclic) bond motifs is 1. The minimum Gasteiger partial charge on any atom is -0.497 e. The molecule has 1 aliphatic rings. The minimum atomic E-state index is -0.156. The van der Waals surface area contributed by atoms with Crippen LogP contribution < -0.4 is 24.3 Å². The van der Waals surface area contributed by atoms with Gasteiger partial charge >= 0.3 is 0 Å². The summed E-state index contributed by atoms with van der Waals surface area (Å²) >= 11 is 1.56. The van der Waals surface area contributed by atoms with E-state index >= 15 is 0 Å². The molecule has 2 heterocycles. The number of ether oxygens (including phenoxy) is 3. The third-order valence-corrected chi connectivity index (χ3v) is 6.37. The van der Waals surface area contributed by atoms with Gasteiger partial charge in [-0.1, -0.05) is 12.1 Å². The first-order chi connectivity index (χ1) is 16.6. The lowest BCUT2D eigenvalue weighted by Crippen LogP contribution is -2.25. The molecule has 1 aromatic heterocycles. The summed E-state index contributed by atoms with van der Waals surface area (Å²) in [5, 5.41) is 4.97. The van der Waals surface area contributed by atoms with E-state index in [0.29, 0.717) is 18.0 Å². The van der Waals surface area contributed by atoms with Crippen LogP contribution in [0.5, 0.6) is 17.2 Å². The van der Waals surface area contributed by atoms with E-state index in [9.17, 15) is 4.79 Å². The lowest BCUT2D eigenvalue weighted by molar-refractivity contribution is -0.118. The van der Waals surface area contributed by atoms with E-state index in [-0.39, 0.29) is 12.5 Å². The monoisotopic (exact) mass is 473 g/mol. The molecule has 7 nitrogen and oxygen atoms in total. The molecule has 0 bridgehead atoms. The van der Waals surface area contributed by atoms with Gasteiger partial charge < -0.3 is 24.1 Å². The highest BCUT2D eigenvalue weighted by atomic mass is 32.1. The molecule has 0 fully saturated rings. The molecule has 0 unspecified atom stereocenters. The number of anilines is 1. The Bertz CT molecular complexity index is 1390. The van der Waals surface area contributed by atoms with Crippen molar-refractivity contribution in [3.8, 4) is 28.5 Å². The maximum Gasteiger partial charge on any atom is 0.262 e. The molecule has 3 aromatic carbocycles. The van der Waals surface area contributed by atoms with Crippen LogP contribution in [0.3, 0.4) is 0 Å². The summed E-state index contributed by atoms with van der Waals surface area (Å²) in [6.07, 6.45) is 0. The fourth-order valence-electron chi connectivity index (χ4n) is 3.73. The molecule has 172 valence electrons. The molecule has 34 heavy (non-hydrogen) atoms. The summed E-state index contributed by atoms with van der Waals surface area (Å²) in [5.41, 5.74) is 4.58. The van der Waals surface area contributed by atoms with Gasteiger partial charge in [0.15, 0.2) is 11.4 Å². The van der Waals surface area contributed by atoms with Crippen molar-refractivity contribution in [3.63, 3.8) is 0 Å². The van der Waals surface area contributed by atoms with E-state index in [4.69, 9.17) is 19.2 Å². The van der Waals surface area contributed by atoms with Crippen molar-refractivity contribution < 1.29 is 19.0 Å². The molecule has 0 aliphatic carbocycles. The van der Waals surface area contributed by atoms with E-state index in [1.165, 1.54) is 0 Å². The fourth-order valence-corrected chi connectivity index (χ4v) is 4.65. The standard InChI is InChI=1S/C26H23N3O4S/c1-31-20-8-3-17(4-9-20)14-29-23(18-5-12-24-22(13-18)28-25(30)15-33-24)16-34-26(29)27-19-6-10-21(32-2)11-7-19/h3-13,16H,14-15H2,1-2H3,(H,28,30). The Balaban J connectivity index is 1.59. The van der Waals surface area contributed by atoms with Gasteiger partial charge in [0.1, 0.15) is 17.2 Å². The van der Waals surface area contributed by atoms with Crippen molar-refractivity contribution in [1.82, 2.24) is 4.57 Å². The van der Waals surface area contributed by atoms with Gasteiger partial charge in [0.05, 0.1) is 37.8 Å². The number of rotatable bonds is 6. The van der Waals surface area contributed by atoms with Crippen molar-refractivity contribution >= 4 is 28.6 Å². The molecule has 0 saturated heterocycles. The van der Waals surface area contributed by atoms with Crippen molar-refractivity contribution in [1.29, 1.82) is 0 Å². The Morgan fingerprint density at radius 2 is 1.71 bits per heavy atom. The number of nitrogens with one attached hydrogen (secondary N) is 1. The number of amides is 1. The van der Waals surface area contributed by atoms with Crippen LogP contribution in [0.15, 0.2) is 77.1 Å². The topological polar surface area (TPSA) is 74.1 Å². The van der Waals surface area contributed by atoms with E-state index in [0.717, 1.165) is 38.8 Å². The predicted octanol–water partition coefficient (Wildman–Crippen LogP) is 4.85. The first-order valence-electron chi connectivity index (χ1n) is 10.7. The SMILES string of the molecule is COc1ccc(Cn2c(-c3ccc4c(c3)NC(=O)CO4)csc2=Nc2ccc(OC)cc2)cc1. The Morgan fingerprint density at radius 3 is 2.41 bits per heavy atom. The summed E-state index contributed by atoms with van der Waals surface area (Å²) in [6.45, 7) is 0.658. The molecule has 1 aliphatic heterocycles. The fraction of sp³-hybridized carbons (Fsp3) is 0.154. The Hall–Kier alpha value is -4.04. The predicted molar refractivity (Wildman–Crippen MR) is 132 cm³/mol. The van der Waals surface area contributed by atoms with Gasteiger partial charge in [-0.05, 0) is 60.2 Å². The van der Waals surface area contributed by atoms with Crippen LogP contribution >= 0.6 is 11.3 Å². The highest BCUT2D eigenvalue weighted by molar-refractivity contribution is 7.07.